The lowest BCUT2D eigenvalue weighted by molar-refractivity contribution is 0.196. The van der Waals surface area contributed by atoms with Crippen LogP contribution >= 0.6 is 15.9 Å². The fourth-order valence-corrected chi connectivity index (χ4v) is 2.74. The third kappa shape index (κ3) is 2.34. The summed E-state index contributed by atoms with van der Waals surface area (Å²) in [7, 11) is 1.80. The summed E-state index contributed by atoms with van der Waals surface area (Å²) in [6.45, 7) is 1.14. The molecule has 0 saturated carbocycles. The molecule has 1 unspecified atom stereocenters. The minimum absolute atomic E-state index is 0.00833. The quantitative estimate of drug-likeness (QED) is 0.862. The van der Waals surface area contributed by atoms with E-state index < -0.39 is 0 Å². The summed E-state index contributed by atoms with van der Waals surface area (Å²) >= 11 is 3.52. The summed E-state index contributed by atoms with van der Waals surface area (Å²) in [6, 6.07) is 10.0. The number of amides is 2. The Bertz CT molecular complexity index is 497. The van der Waals surface area contributed by atoms with Crippen molar-refractivity contribution < 1.29 is 4.79 Å². The average molecular weight is 308 g/mol. The van der Waals surface area contributed by atoms with Crippen LogP contribution in [0.4, 0.5) is 4.79 Å². The SMILES string of the molecule is CN1C(=O)N(CCC#N)CC1c1ccccc1Br. The number of hydrogen-bond acceptors (Lipinski definition) is 2. The first-order valence-electron chi connectivity index (χ1n) is 5.78. The van der Waals surface area contributed by atoms with Gasteiger partial charge in [-0.25, -0.2) is 4.79 Å². The maximum absolute atomic E-state index is 12.0. The molecule has 1 heterocycles. The predicted molar refractivity (Wildman–Crippen MR) is 71.8 cm³/mol. The Balaban J connectivity index is 2.19. The number of urea groups is 1. The van der Waals surface area contributed by atoms with Gasteiger partial charge in [0.15, 0.2) is 0 Å². The highest BCUT2D eigenvalue weighted by Crippen LogP contribution is 2.32. The van der Waals surface area contributed by atoms with Crippen molar-refractivity contribution in [1.29, 1.82) is 5.26 Å². The molecule has 0 radical (unpaired) electrons. The minimum atomic E-state index is -0.00833. The van der Waals surface area contributed by atoms with E-state index in [1.165, 1.54) is 0 Å². The van der Waals surface area contributed by atoms with Crippen LogP contribution in [0.2, 0.25) is 0 Å². The van der Waals surface area contributed by atoms with Crippen LogP contribution in [0.25, 0.3) is 0 Å². The number of carbonyl (C=O) groups excluding carboxylic acids is 1. The van der Waals surface area contributed by atoms with Crippen LogP contribution in [0, 0.1) is 11.3 Å². The van der Waals surface area contributed by atoms with E-state index in [4.69, 9.17) is 5.26 Å². The van der Waals surface area contributed by atoms with Gasteiger partial charge in [-0.05, 0) is 11.6 Å². The number of nitrogens with zero attached hydrogens (tertiary/aromatic N) is 3. The molecule has 18 heavy (non-hydrogen) atoms. The first-order valence-corrected chi connectivity index (χ1v) is 6.57. The van der Waals surface area contributed by atoms with Gasteiger partial charge < -0.3 is 9.80 Å². The van der Waals surface area contributed by atoms with Crippen molar-refractivity contribution in [3.63, 3.8) is 0 Å². The van der Waals surface area contributed by atoms with Crippen LogP contribution in [-0.4, -0.2) is 36.0 Å². The van der Waals surface area contributed by atoms with E-state index in [2.05, 4.69) is 22.0 Å². The minimum Gasteiger partial charge on any atom is -0.321 e. The van der Waals surface area contributed by atoms with Gasteiger partial charge in [0.2, 0.25) is 0 Å². The van der Waals surface area contributed by atoms with Gasteiger partial charge in [0.25, 0.3) is 0 Å². The lowest BCUT2D eigenvalue weighted by Gasteiger charge is -2.19. The highest BCUT2D eigenvalue weighted by molar-refractivity contribution is 9.10. The second-order valence-corrected chi connectivity index (χ2v) is 5.14. The molecule has 0 aliphatic carbocycles. The molecule has 94 valence electrons. The predicted octanol–water partition coefficient (Wildman–Crippen LogP) is 2.77. The molecule has 4 nitrogen and oxygen atoms in total. The number of rotatable bonds is 3. The molecular formula is C13H14BrN3O. The van der Waals surface area contributed by atoms with Gasteiger partial charge in [-0.15, -0.1) is 0 Å². The summed E-state index contributed by atoms with van der Waals surface area (Å²) in [6.07, 6.45) is 0.377. The van der Waals surface area contributed by atoms with Crippen molar-refractivity contribution in [3.05, 3.63) is 34.3 Å². The van der Waals surface area contributed by atoms with E-state index in [1.807, 2.05) is 24.3 Å². The fraction of sp³-hybridized carbons (Fsp3) is 0.385. The zero-order valence-electron chi connectivity index (χ0n) is 10.1. The van der Waals surface area contributed by atoms with Crippen molar-refractivity contribution in [3.8, 4) is 6.07 Å². The van der Waals surface area contributed by atoms with Crippen molar-refractivity contribution in [2.45, 2.75) is 12.5 Å². The largest absolute Gasteiger partial charge is 0.321 e. The van der Waals surface area contributed by atoms with Crippen molar-refractivity contribution in [2.75, 3.05) is 20.1 Å². The normalized spacial score (nSPS) is 19.2. The Morgan fingerprint density at radius 1 is 1.50 bits per heavy atom. The number of halogens is 1. The Kier molecular flexibility index (Phi) is 3.87. The Morgan fingerprint density at radius 3 is 2.89 bits per heavy atom. The Morgan fingerprint density at radius 2 is 2.22 bits per heavy atom. The van der Waals surface area contributed by atoms with Crippen molar-refractivity contribution >= 4 is 22.0 Å². The zero-order valence-corrected chi connectivity index (χ0v) is 11.7. The third-order valence-corrected chi connectivity index (χ3v) is 3.91. The number of hydrogen-bond donors (Lipinski definition) is 0. The van der Waals surface area contributed by atoms with Gasteiger partial charge in [0.1, 0.15) is 0 Å². The molecular weight excluding hydrogens is 294 g/mol. The molecule has 0 bridgehead atoms. The summed E-state index contributed by atoms with van der Waals surface area (Å²) < 4.78 is 1.01. The smallest absolute Gasteiger partial charge is 0.320 e. The second-order valence-electron chi connectivity index (χ2n) is 4.28. The maximum Gasteiger partial charge on any atom is 0.320 e. The molecule has 2 amide bonds. The molecule has 1 fully saturated rings. The van der Waals surface area contributed by atoms with Gasteiger partial charge in [-0.1, -0.05) is 34.1 Å². The highest BCUT2D eigenvalue weighted by atomic mass is 79.9. The average Bonchev–Trinajstić information content (AvgIpc) is 2.65. The fourth-order valence-electron chi connectivity index (χ4n) is 2.19. The molecule has 1 atom stereocenters. The molecule has 0 spiro atoms. The summed E-state index contributed by atoms with van der Waals surface area (Å²) in [5.74, 6) is 0. The van der Waals surface area contributed by atoms with E-state index in [0.29, 0.717) is 19.5 Å². The van der Waals surface area contributed by atoms with Crippen LogP contribution in [0.3, 0.4) is 0 Å². The van der Waals surface area contributed by atoms with E-state index in [1.54, 1.807) is 16.8 Å². The molecule has 1 aromatic rings. The lowest BCUT2D eigenvalue weighted by atomic mass is 10.1. The molecule has 0 N–H and O–H groups in total. The Hall–Kier alpha value is -1.54. The topological polar surface area (TPSA) is 47.3 Å². The Labute approximate surface area is 115 Å². The van der Waals surface area contributed by atoms with Crippen LogP contribution < -0.4 is 0 Å². The number of likely N-dealkylation sites (N-methyl/N-ethyl adjacent to an activating group) is 1. The van der Waals surface area contributed by atoms with Gasteiger partial charge in [-0.2, -0.15) is 5.26 Å². The first-order chi connectivity index (χ1) is 8.65. The van der Waals surface area contributed by atoms with E-state index in [0.717, 1.165) is 10.0 Å². The van der Waals surface area contributed by atoms with Gasteiger partial charge in [0.05, 0.1) is 18.5 Å². The summed E-state index contributed by atoms with van der Waals surface area (Å²) in [5, 5.41) is 8.60. The molecule has 0 aromatic heterocycles. The molecule has 2 rings (SSSR count). The molecule has 1 saturated heterocycles. The third-order valence-electron chi connectivity index (χ3n) is 3.19. The summed E-state index contributed by atoms with van der Waals surface area (Å²) in [4.78, 5) is 15.5. The van der Waals surface area contributed by atoms with Gasteiger partial charge in [0, 0.05) is 24.6 Å². The second kappa shape index (κ2) is 5.40. The van der Waals surface area contributed by atoms with Crippen LogP contribution in [0.1, 0.15) is 18.0 Å². The monoisotopic (exact) mass is 307 g/mol. The van der Waals surface area contributed by atoms with E-state index >= 15 is 0 Å². The maximum atomic E-state index is 12.0. The van der Waals surface area contributed by atoms with Crippen LogP contribution in [0.15, 0.2) is 28.7 Å². The summed E-state index contributed by atoms with van der Waals surface area (Å²) in [5.41, 5.74) is 1.10. The van der Waals surface area contributed by atoms with Crippen LogP contribution in [-0.2, 0) is 0 Å². The number of nitriles is 1. The molecule has 1 aliphatic heterocycles. The molecule has 1 aliphatic rings. The van der Waals surface area contributed by atoms with Gasteiger partial charge in [-0.3, -0.25) is 0 Å². The molecule has 1 aromatic carbocycles. The van der Waals surface area contributed by atoms with Crippen molar-refractivity contribution in [1.82, 2.24) is 9.80 Å². The van der Waals surface area contributed by atoms with Crippen molar-refractivity contribution in [2.24, 2.45) is 0 Å². The van der Waals surface area contributed by atoms with E-state index in [-0.39, 0.29) is 12.1 Å². The standard InChI is InChI=1S/C13H14BrN3O/c1-16-12(10-5-2-3-6-11(10)14)9-17(13(16)18)8-4-7-15/h2-3,5-6,12H,4,8-9H2,1H3. The van der Waals surface area contributed by atoms with Gasteiger partial charge >= 0.3 is 6.03 Å². The number of carbonyl (C=O) groups is 1. The lowest BCUT2D eigenvalue weighted by Crippen LogP contribution is -2.30. The highest BCUT2D eigenvalue weighted by Gasteiger charge is 2.35. The first kappa shape index (κ1) is 12.9. The number of benzene rings is 1. The van der Waals surface area contributed by atoms with Crippen LogP contribution in [0.5, 0.6) is 0 Å². The van der Waals surface area contributed by atoms with E-state index in [9.17, 15) is 4.79 Å². The molecule has 5 heteroatoms. The zero-order chi connectivity index (χ0) is 13.1.